The molecule has 0 saturated carbocycles. The fourth-order valence-electron chi connectivity index (χ4n) is 6.00. The number of carbonyl (C=O) groups excluding carboxylic acids is 1. The maximum absolute atomic E-state index is 13.5. The van der Waals surface area contributed by atoms with Crippen LogP contribution in [-0.4, -0.2) is 47.4 Å². The van der Waals surface area contributed by atoms with Crippen LogP contribution in [0.4, 0.5) is 0 Å². The molecule has 3 heterocycles. The van der Waals surface area contributed by atoms with Gasteiger partial charge in [0.15, 0.2) is 0 Å². The van der Waals surface area contributed by atoms with Crippen molar-refractivity contribution >= 4 is 16.8 Å². The normalized spacial score (nSPS) is 16.6. The second-order valence-corrected chi connectivity index (χ2v) is 10.6. The first-order valence-corrected chi connectivity index (χ1v) is 13.5. The number of likely N-dealkylation sites (tertiary alicyclic amines) is 1. The number of hydrogen-bond acceptors (Lipinski definition) is 3. The van der Waals surface area contributed by atoms with Gasteiger partial charge >= 0.3 is 0 Å². The van der Waals surface area contributed by atoms with E-state index in [9.17, 15) is 4.79 Å². The van der Waals surface area contributed by atoms with Crippen LogP contribution in [0.15, 0.2) is 72.8 Å². The first-order valence-electron chi connectivity index (χ1n) is 13.5. The fraction of sp³-hybridized carbons (Fsp3) is 0.344. The minimum atomic E-state index is 0.168. The van der Waals surface area contributed by atoms with Gasteiger partial charge in [-0.05, 0) is 72.2 Å². The van der Waals surface area contributed by atoms with Crippen LogP contribution >= 0.6 is 0 Å². The zero-order valence-corrected chi connectivity index (χ0v) is 21.6. The molecule has 1 N–H and O–H groups in total. The van der Waals surface area contributed by atoms with E-state index in [1.165, 1.54) is 27.8 Å². The molecule has 0 spiro atoms. The van der Waals surface area contributed by atoms with E-state index in [-0.39, 0.29) is 5.91 Å². The number of nitrogens with zero attached hydrogens (tertiary/aromatic N) is 2. The van der Waals surface area contributed by atoms with Crippen molar-refractivity contribution in [2.45, 2.75) is 38.8 Å². The number of ether oxygens (including phenoxy) is 1. The molecule has 5 heteroatoms. The van der Waals surface area contributed by atoms with Crippen LogP contribution in [0.3, 0.4) is 0 Å². The second-order valence-electron chi connectivity index (χ2n) is 10.6. The third kappa shape index (κ3) is 5.14. The Balaban J connectivity index is 1.13. The summed E-state index contributed by atoms with van der Waals surface area (Å²) in [6.07, 6.45) is 4.25. The Hall–Kier alpha value is -3.57. The van der Waals surface area contributed by atoms with Gasteiger partial charge in [-0.15, -0.1) is 0 Å². The van der Waals surface area contributed by atoms with E-state index in [0.29, 0.717) is 5.92 Å². The van der Waals surface area contributed by atoms with E-state index in [2.05, 4.69) is 69.4 Å². The molecule has 2 aliphatic rings. The number of carbonyl (C=O) groups is 1. The van der Waals surface area contributed by atoms with Gasteiger partial charge in [0, 0.05) is 61.3 Å². The van der Waals surface area contributed by atoms with Crippen molar-refractivity contribution in [2.24, 2.45) is 5.92 Å². The van der Waals surface area contributed by atoms with Crippen molar-refractivity contribution in [1.82, 2.24) is 14.8 Å². The summed E-state index contributed by atoms with van der Waals surface area (Å²) in [4.78, 5) is 21.6. The third-order valence-corrected chi connectivity index (χ3v) is 8.14. The van der Waals surface area contributed by atoms with Gasteiger partial charge in [-0.2, -0.15) is 0 Å². The first-order chi connectivity index (χ1) is 18.2. The molecule has 0 radical (unpaired) electrons. The van der Waals surface area contributed by atoms with Crippen molar-refractivity contribution in [1.29, 1.82) is 0 Å². The molecule has 0 atom stereocenters. The Morgan fingerprint density at radius 1 is 0.946 bits per heavy atom. The summed E-state index contributed by atoms with van der Waals surface area (Å²) in [5, 5.41) is 1.19. The molecule has 3 aromatic carbocycles. The molecule has 5 nitrogen and oxygen atoms in total. The van der Waals surface area contributed by atoms with Crippen LogP contribution in [-0.2, 0) is 25.9 Å². The molecule has 37 heavy (non-hydrogen) atoms. The van der Waals surface area contributed by atoms with Crippen molar-refractivity contribution in [2.75, 3.05) is 26.7 Å². The molecule has 0 bridgehead atoms. The fourth-order valence-corrected chi connectivity index (χ4v) is 6.00. The van der Waals surface area contributed by atoms with Crippen LogP contribution in [0.1, 0.15) is 45.6 Å². The Bertz CT molecular complexity index is 1370. The average Bonchev–Trinajstić information content (AvgIpc) is 3.31. The summed E-state index contributed by atoms with van der Waals surface area (Å²) in [7, 11) is 1.70. The van der Waals surface area contributed by atoms with Gasteiger partial charge in [0.05, 0.1) is 7.11 Å². The first kappa shape index (κ1) is 23.8. The number of aromatic amines is 1. The molecule has 1 fully saturated rings. The van der Waals surface area contributed by atoms with E-state index in [1.807, 2.05) is 18.2 Å². The van der Waals surface area contributed by atoms with E-state index in [4.69, 9.17) is 4.74 Å². The van der Waals surface area contributed by atoms with Crippen molar-refractivity contribution in [3.63, 3.8) is 0 Å². The zero-order chi connectivity index (χ0) is 25.2. The predicted octanol–water partition coefficient (Wildman–Crippen LogP) is 5.83. The Kier molecular flexibility index (Phi) is 6.71. The highest BCUT2D eigenvalue weighted by molar-refractivity contribution is 5.99. The highest BCUT2D eigenvalue weighted by atomic mass is 16.5. The monoisotopic (exact) mass is 493 g/mol. The van der Waals surface area contributed by atoms with Gasteiger partial charge in [0.1, 0.15) is 5.75 Å². The van der Waals surface area contributed by atoms with Crippen LogP contribution in [0.2, 0.25) is 0 Å². The quantitative estimate of drug-likeness (QED) is 0.368. The van der Waals surface area contributed by atoms with Gasteiger partial charge < -0.3 is 14.6 Å². The number of rotatable bonds is 6. The number of hydrogen-bond donors (Lipinski definition) is 1. The average molecular weight is 494 g/mol. The summed E-state index contributed by atoms with van der Waals surface area (Å²) >= 11 is 0. The van der Waals surface area contributed by atoms with E-state index in [1.54, 1.807) is 7.11 Å². The predicted molar refractivity (Wildman–Crippen MR) is 148 cm³/mol. The van der Waals surface area contributed by atoms with E-state index >= 15 is 0 Å². The molecule has 0 unspecified atom stereocenters. The van der Waals surface area contributed by atoms with Gasteiger partial charge in [-0.3, -0.25) is 9.69 Å². The molecule has 2 aliphatic heterocycles. The van der Waals surface area contributed by atoms with Crippen molar-refractivity contribution in [3.05, 3.63) is 101 Å². The maximum atomic E-state index is 13.5. The van der Waals surface area contributed by atoms with Crippen LogP contribution in [0.25, 0.3) is 10.9 Å². The standard InChI is InChI=1S/C32H35N3O2/c1-37-27-10-7-25(8-11-27)21-34-16-15-31-29(22-34)28-20-26(9-12-30(28)33-31)32(36)35-17-13-24(14-18-35)19-23-5-3-2-4-6-23/h2-12,20,24,33H,13-19,21-22H2,1H3. The third-order valence-electron chi connectivity index (χ3n) is 8.14. The molecule has 0 aliphatic carbocycles. The van der Waals surface area contributed by atoms with Gasteiger partial charge in [0.2, 0.25) is 0 Å². The summed E-state index contributed by atoms with van der Waals surface area (Å²) in [5.41, 5.74) is 7.28. The Morgan fingerprint density at radius 2 is 1.73 bits per heavy atom. The number of benzene rings is 3. The molecular formula is C32H35N3O2. The molecule has 4 aromatic rings. The molecule has 1 aromatic heterocycles. The van der Waals surface area contributed by atoms with Crippen molar-refractivity contribution < 1.29 is 9.53 Å². The van der Waals surface area contributed by atoms with Crippen LogP contribution < -0.4 is 4.74 Å². The lowest BCUT2D eigenvalue weighted by Crippen LogP contribution is -2.38. The number of methoxy groups -OCH3 is 1. The van der Waals surface area contributed by atoms with Crippen molar-refractivity contribution in [3.8, 4) is 5.75 Å². The zero-order valence-electron chi connectivity index (χ0n) is 21.6. The molecule has 1 amide bonds. The summed E-state index contributed by atoms with van der Waals surface area (Å²) < 4.78 is 5.30. The Morgan fingerprint density at radius 3 is 2.49 bits per heavy atom. The molecule has 190 valence electrons. The van der Waals surface area contributed by atoms with Crippen LogP contribution in [0.5, 0.6) is 5.75 Å². The van der Waals surface area contributed by atoms with Crippen LogP contribution in [0, 0.1) is 5.92 Å². The molecular weight excluding hydrogens is 458 g/mol. The minimum Gasteiger partial charge on any atom is -0.497 e. The number of piperidine rings is 1. The molecule has 6 rings (SSSR count). The number of nitrogens with one attached hydrogen (secondary N) is 1. The number of fused-ring (bicyclic) bond motifs is 3. The lowest BCUT2D eigenvalue weighted by molar-refractivity contribution is 0.0690. The molecule has 1 saturated heterocycles. The topological polar surface area (TPSA) is 48.6 Å². The van der Waals surface area contributed by atoms with Gasteiger partial charge in [0.25, 0.3) is 5.91 Å². The lowest BCUT2D eigenvalue weighted by Gasteiger charge is -2.32. The summed E-state index contributed by atoms with van der Waals surface area (Å²) in [6.45, 7) is 4.51. The van der Waals surface area contributed by atoms with Gasteiger partial charge in [-0.25, -0.2) is 0 Å². The minimum absolute atomic E-state index is 0.168. The maximum Gasteiger partial charge on any atom is 0.253 e. The van der Waals surface area contributed by atoms with E-state index < -0.39 is 0 Å². The summed E-state index contributed by atoms with van der Waals surface area (Å²) in [5.74, 6) is 1.71. The second kappa shape index (κ2) is 10.4. The lowest BCUT2D eigenvalue weighted by atomic mass is 9.90. The number of aromatic nitrogens is 1. The highest BCUT2D eigenvalue weighted by Gasteiger charge is 2.26. The largest absolute Gasteiger partial charge is 0.497 e. The smallest absolute Gasteiger partial charge is 0.253 e. The van der Waals surface area contributed by atoms with E-state index in [0.717, 1.165) is 75.2 Å². The highest BCUT2D eigenvalue weighted by Crippen LogP contribution is 2.30. The summed E-state index contributed by atoms with van der Waals surface area (Å²) in [6, 6.07) is 25.3. The number of amides is 1. The Labute approximate surface area is 219 Å². The van der Waals surface area contributed by atoms with Gasteiger partial charge in [-0.1, -0.05) is 42.5 Å². The number of H-pyrrole nitrogens is 1. The SMILES string of the molecule is COc1ccc(CN2CCc3[nH]c4ccc(C(=O)N5CCC(Cc6ccccc6)CC5)cc4c3C2)cc1.